The first-order valence-corrected chi connectivity index (χ1v) is 8.62. The number of nitrogens with zero attached hydrogens (tertiary/aromatic N) is 2. The van der Waals surface area contributed by atoms with Crippen LogP contribution in [-0.2, 0) is 0 Å². The third-order valence-corrected chi connectivity index (χ3v) is 4.38. The van der Waals surface area contributed by atoms with Gasteiger partial charge in [0.15, 0.2) is 0 Å². The molecule has 0 bridgehead atoms. The normalized spacial score (nSPS) is 10.9. The summed E-state index contributed by atoms with van der Waals surface area (Å²) in [5.74, 6) is -0.304. The molecule has 0 aliphatic heterocycles. The minimum absolute atomic E-state index is 0.304. The highest BCUT2D eigenvalue weighted by Crippen LogP contribution is 2.28. The molecule has 1 amide bonds. The van der Waals surface area contributed by atoms with E-state index in [0.29, 0.717) is 27.0 Å². The largest absolute Gasteiger partial charge is 0.320 e. The fourth-order valence-electron chi connectivity index (χ4n) is 2.22. The van der Waals surface area contributed by atoms with Crippen LogP contribution in [0.2, 0.25) is 10.0 Å². The topological polar surface area (TPSA) is 53.8 Å². The fourth-order valence-corrected chi connectivity index (χ4v) is 2.52. The van der Waals surface area contributed by atoms with E-state index in [-0.39, 0.29) is 5.91 Å². The van der Waals surface area contributed by atoms with Gasteiger partial charge in [-0.05, 0) is 49.4 Å². The third kappa shape index (κ3) is 4.48. The van der Waals surface area contributed by atoms with Crippen molar-refractivity contribution in [2.75, 3.05) is 5.32 Å². The van der Waals surface area contributed by atoms with Crippen LogP contribution in [0.5, 0.6) is 0 Å². The van der Waals surface area contributed by atoms with Crippen molar-refractivity contribution in [2.24, 2.45) is 10.2 Å². The van der Waals surface area contributed by atoms with Crippen LogP contribution in [0.15, 0.2) is 77.0 Å². The van der Waals surface area contributed by atoms with Gasteiger partial charge in [-0.25, -0.2) is 0 Å². The zero-order valence-electron chi connectivity index (χ0n) is 13.9. The molecular formula is C20H15Cl2N3O. The number of nitrogens with one attached hydrogen (secondary N) is 1. The van der Waals surface area contributed by atoms with Crippen molar-refractivity contribution in [3.05, 3.63) is 87.9 Å². The number of rotatable bonds is 4. The highest BCUT2D eigenvalue weighted by atomic mass is 35.5. The number of hydrogen-bond donors (Lipinski definition) is 1. The van der Waals surface area contributed by atoms with Crippen LogP contribution in [0.3, 0.4) is 0 Å². The smallest absolute Gasteiger partial charge is 0.255 e. The molecule has 1 N–H and O–H groups in total. The predicted molar refractivity (Wildman–Crippen MR) is 106 cm³/mol. The van der Waals surface area contributed by atoms with E-state index in [1.54, 1.807) is 24.3 Å². The lowest BCUT2D eigenvalue weighted by Gasteiger charge is -2.08. The molecule has 0 saturated carbocycles. The number of anilines is 1. The van der Waals surface area contributed by atoms with Gasteiger partial charge in [-0.3, -0.25) is 4.79 Å². The average Bonchev–Trinajstić information content (AvgIpc) is 2.64. The fraction of sp³-hybridized carbons (Fsp3) is 0.0500. The summed E-state index contributed by atoms with van der Waals surface area (Å²) >= 11 is 11.9. The Labute approximate surface area is 161 Å². The van der Waals surface area contributed by atoms with Gasteiger partial charge in [0.1, 0.15) is 5.69 Å². The summed E-state index contributed by atoms with van der Waals surface area (Å²) in [5.41, 5.74) is 3.41. The predicted octanol–water partition coefficient (Wildman–Crippen LogP) is 6.97. The van der Waals surface area contributed by atoms with E-state index in [0.717, 1.165) is 11.3 Å². The number of carbonyl (C=O) groups is 1. The summed E-state index contributed by atoms with van der Waals surface area (Å²) in [5, 5.41) is 12.0. The maximum absolute atomic E-state index is 12.5. The van der Waals surface area contributed by atoms with E-state index in [9.17, 15) is 4.79 Å². The summed E-state index contributed by atoms with van der Waals surface area (Å²) in [6, 6.07) is 19.6. The SMILES string of the molecule is Cc1ccc(N=Nc2ccccc2NC(=O)c2ccc(Cl)c(Cl)c2)cc1. The standard InChI is InChI=1S/C20H15Cl2N3O/c1-13-6-9-15(10-7-13)24-25-19-5-3-2-4-18(19)23-20(26)14-8-11-16(21)17(22)12-14/h2-12H,1H3,(H,23,26). The van der Waals surface area contributed by atoms with Gasteiger partial charge in [0.2, 0.25) is 0 Å². The maximum Gasteiger partial charge on any atom is 0.255 e. The molecule has 0 unspecified atom stereocenters. The Bertz CT molecular complexity index is 969. The Hall–Kier alpha value is -2.69. The Morgan fingerprint density at radius 2 is 1.62 bits per heavy atom. The highest BCUT2D eigenvalue weighted by molar-refractivity contribution is 6.42. The van der Waals surface area contributed by atoms with Gasteiger partial charge in [0.25, 0.3) is 5.91 Å². The number of amides is 1. The van der Waals surface area contributed by atoms with Crippen molar-refractivity contribution in [3.8, 4) is 0 Å². The van der Waals surface area contributed by atoms with Crippen LogP contribution in [0.25, 0.3) is 0 Å². The molecule has 130 valence electrons. The first-order valence-electron chi connectivity index (χ1n) is 7.87. The van der Waals surface area contributed by atoms with E-state index in [4.69, 9.17) is 23.2 Å². The summed E-state index contributed by atoms with van der Waals surface area (Å²) in [6.07, 6.45) is 0. The van der Waals surface area contributed by atoms with E-state index in [1.165, 1.54) is 6.07 Å². The molecule has 0 spiro atoms. The number of aryl methyl sites for hydroxylation is 1. The van der Waals surface area contributed by atoms with Gasteiger partial charge < -0.3 is 5.32 Å². The lowest BCUT2D eigenvalue weighted by Crippen LogP contribution is -2.11. The van der Waals surface area contributed by atoms with E-state index >= 15 is 0 Å². The molecule has 0 heterocycles. The molecule has 3 aromatic rings. The lowest BCUT2D eigenvalue weighted by atomic mass is 10.2. The maximum atomic E-state index is 12.5. The molecular weight excluding hydrogens is 369 g/mol. The molecule has 6 heteroatoms. The van der Waals surface area contributed by atoms with Crippen LogP contribution < -0.4 is 5.32 Å². The van der Waals surface area contributed by atoms with Crippen molar-refractivity contribution >= 4 is 46.2 Å². The number of hydrogen-bond acceptors (Lipinski definition) is 3. The van der Waals surface area contributed by atoms with E-state index < -0.39 is 0 Å². The zero-order chi connectivity index (χ0) is 18.5. The van der Waals surface area contributed by atoms with Crippen LogP contribution in [0.1, 0.15) is 15.9 Å². The quantitative estimate of drug-likeness (QED) is 0.485. The Morgan fingerprint density at radius 3 is 2.35 bits per heavy atom. The van der Waals surface area contributed by atoms with Crippen LogP contribution in [-0.4, -0.2) is 5.91 Å². The number of carbonyl (C=O) groups excluding carboxylic acids is 1. The zero-order valence-corrected chi connectivity index (χ0v) is 15.4. The molecule has 26 heavy (non-hydrogen) atoms. The van der Waals surface area contributed by atoms with Crippen molar-refractivity contribution in [1.82, 2.24) is 0 Å². The molecule has 0 aliphatic carbocycles. The Kier molecular flexibility index (Phi) is 5.66. The number of halogens is 2. The van der Waals surface area contributed by atoms with Crippen LogP contribution in [0.4, 0.5) is 17.1 Å². The second-order valence-electron chi connectivity index (χ2n) is 5.64. The van der Waals surface area contributed by atoms with Gasteiger partial charge in [-0.15, -0.1) is 5.11 Å². The minimum Gasteiger partial charge on any atom is -0.320 e. The monoisotopic (exact) mass is 383 g/mol. The van der Waals surface area contributed by atoms with Crippen molar-refractivity contribution < 1.29 is 4.79 Å². The van der Waals surface area contributed by atoms with Crippen molar-refractivity contribution in [2.45, 2.75) is 6.92 Å². The molecule has 0 radical (unpaired) electrons. The highest BCUT2D eigenvalue weighted by Gasteiger charge is 2.10. The Balaban J connectivity index is 1.81. The first kappa shape index (κ1) is 18.1. The van der Waals surface area contributed by atoms with Crippen molar-refractivity contribution in [3.63, 3.8) is 0 Å². The number of benzene rings is 3. The summed E-state index contributed by atoms with van der Waals surface area (Å²) in [4.78, 5) is 12.5. The molecule has 0 aliphatic rings. The minimum atomic E-state index is -0.304. The summed E-state index contributed by atoms with van der Waals surface area (Å²) in [6.45, 7) is 2.01. The summed E-state index contributed by atoms with van der Waals surface area (Å²) in [7, 11) is 0. The molecule has 4 nitrogen and oxygen atoms in total. The molecule has 3 aromatic carbocycles. The molecule has 3 rings (SSSR count). The molecule has 0 saturated heterocycles. The van der Waals surface area contributed by atoms with Gasteiger partial charge in [0, 0.05) is 5.56 Å². The summed E-state index contributed by atoms with van der Waals surface area (Å²) < 4.78 is 0. The van der Waals surface area contributed by atoms with Gasteiger partial charge in [-0.2, -0.15) is 5.11 Å². The Morgan fingerprint density at radius 1 is 0.885 bits per heavy atom. The number of azo groups is 1. The van der Waals surface area contributed by atoms with Crippen LogP contribution >= 0.6 is 23.2 Å². The number of para-hydroxylation sites is 1. The van der Waals surface area contributed by atoms with E-state index in [2.05, 4.69) is 15.5 Å². The molecule has 0 atom stereocenters. The van der Waals surface area contributed by atoms with Crippen LogP contribution in [0, 0.1) is 6.92 Å². The van der Waals surface area contributed by atoms with E-state index in [1.807, 2.05) is 43.3 Å². The average molecular weight is 384 g/mol. The lowest BCUT2D eigenvalue weighted by molar-refractivity contribution is 0.102. The first-order chi connectivity index (χ1) is 12.5. The van der Waals surface area contributed by atoms with Crippen molar-refractivity contribution in [1.29, 1.82) is 0 Å². The molecule has 0 aromatic heterocycles. The molecule has 0 fully saturated rings. The van der Waals surface area contributed by atoms with Gasteiger partial charge >= 0.3 is 0 Å². The third-order valence-electron chi connectivity index (χ3n) is 3.64. The van der Waals surface area contributed by atoms with Gasteiger partial charge in [-0.1, -0.05) is 53.0 Å². The second-order valence-corrected chi connectivity index (χ2v) is 6.45. The second kappa shape index (κ2) is 8.13. The van der Waals surface area contributed by atoms with Gasteiger partial charge in [0.05, 0.1) is 21.4 Å².